The van der Waals surface area contributed by atoms with Gasteiger partial charge in [-0.2, -0.15) is 0 Å². The van der Waals surface area contributed by atoms with Crippen molar-refractivity contribution in [2.24, 2.45) is 0 Å². The van der Waals surface area contributed by atoms with Gasteiger partial charge in [0.25, 0.3) is 0 Å². The second-order valence-corrected chi connectivity index (χ2v) is 7.25. The largest absolute Gasteiger partial charge is 0.394 e. The van der Waals surface area contributed by atoms with Gasteiger partial charge in [-0.15, -0.1) is 0 Å². The lowest BCUT2D eigenvalue weighted by Crippen LogP contribution is -2.53. The Kier molecular flexibility index (Phi) is 8.13. The average Bonchev–Trinajstić information content (AvgIpc) is 2.43. The molecule has 0 bridgehead atoms. The van der Waals surface area contributed by atoms with Crippen molar-refractivity contribution in [3.05, 3.63) is 0 Å². The molecule has 0 spiro atoms. The van der Waals surface area contributed by atoms with Crippen molar-refractivity contribution >= 4 is 0 Å². The molecule has 21 heavy (non-hydrogen) atoms. The van der Waals surface area contributed by atoms with Gasteiger partial charge in [-0.1, -0.05) is 13.8 Å². The Morgan fingerprint density at radius 1 is 1.10 bits per heavy atom. The van der Waals surface area contributed by atoms with Crippen molar-refractivity contribution < 1.29 is 5.11 Å². The Balaban J connectivity index is 2.25. The number of rotatable bonds is 9. The predicted octanol–water partition coefficient (Wildman–Crippen LogP) is 0.305. The molecule has 2 N–H and O–H groups in total. The van der Waals surface area contributed by atoms with Crippen LogP contribution in [0.3, 0.4) is 0 Å². The van der Waals surface area contributed by atoms with Gasteiger partial charge in [-0.05, 0) is 27.4 Å². The van der Waals surface area contributed by atoms with E-state index in [4.69, 9.17) is 0 Å². The predicted molar refractivity (Wildman–Crippen MR) is 89.8 cm³/mol. The van der Waals surface area contributed by atoms with Crippen molar-refractivity contribution in [2.75, 3.05) is 66.5 Å². The minimum absolute atomic E-state index is 0.157. The van der Waals surface area contributed by atoms with Crippen LogP contribution in [0.5, 0.6) is 0 Å². The van der Waals surface area contributed by atoms with E-state index >= 15 is 0 Å². The third-order valence-corrected chi connectivity index (χ3v) is 4.29. The molecule has 0 aromatic rings. The SMILES string of the molecule is CC(C)NC(C)(CO)CCN1CCN(CCN(C)C)CC1. The molecule has 1 unspecified atom stereocenters. The number of nitrogens with zero attached hydrogens (tertiary/aromatic N) is 3. The summed E-state index contributed by atoms with van der Waals surface area (Å²) in [5, 5.41) is 13.1. The fourth-order valence-corrected chi connectivity index (χ4v) is 2.88. The van der Waals surface area contributed by atoms with Gasteiger partial charge in [0.15, 0.2) is 0 Å². The molecule has 1 fully saturated rings. The van der Waals surface area contributed by atoms with Crippen LogP contribution in [0.4, 0.5) is 0 Å². The monoisotopic (exact) mass is 300 g/mol. The first-order valence-corrected chi connectivity index (χ1v) is 8.32. The Morgan fingerprint density at radius 3 is 2.05 bits per heavy atom. The minimum atomic E-state index is -0.157. The second-order valence-electron chi connectivity index (χ2n) is 7.25. The average molecular weight is 300 g/mol. The van der Waals surface area contributed by atoms with E-state index in [9.17, 15) is 5.11 Å². The Morgan fingerprint density at radius 2 is 1.62 bits per heavy atom. The van der Waals surface area contributed by atoms with Crippen molar-refractivity contribution in [1.29, 1.82) is 0 Å². The smallest absolute Gasteiger partial charge is 0.0611 e. The molecular formula is C16H36N4O. The maximum absolute atomic E-state index is 9.63. The van der Waals surface area contributed by atoms with Crippen molar-refractivity contribution in [3.8, 4) is 0 Å². The van der Waals surface area contributed by atoms with E-state index in [2.05, 4.69) is 54.9 Å². The van der Waals surface area contributed by atoms with Gasteiger partial charge in [0.1, 0.15) is 0 Å². The molecule has 0 saturated carbocycles. The standard InChI is InChI=1S/C16H36N4O/c1-15(2)17-16(3,14-21)6-7-19-10-12-20(13-11-19)9-8-18(4)5/h15,17,21H,6-14H2,1-5H3. The summed E-state index contributed by atoms with van der Waals surface area (Å²) in [7, 11) is 4.27. The number of aliphatic hydroxyl groups excluding tert-OH is 1. The first kappa shape index (κ1) is 18.8. The van der Waals surface area contributed by atoms with Crippen LogP contribution in [0.25, 0.3) is 0 Å². The highest BCUT2D eigenvalue weighted by Gasteiger charge is 2.25. The van der Waals surface area contributed by atoms with Crippen LogP contribution in [-0.4, -0.2) is 97.9 Å². The van der Waals surface area contributed by atoms with E-state index in [1.807, 2.05) is 0 Å². The maximum Gasteiger partial charge on any atom is 0.0611 e. The molecule has 1 aliphatic rings. The summed E-state index contributed by atoms with van der Waals surface area (Å²) in [5.41, 5.74) is -0.157. The summed E-state index contributed by atoms with van der Waals surface area (Å²) < 4.78 is 0. The number of aliphatic hydroxyl groups is 1. The molecule has 1 atom stereocenters. The Labute approximate surface area is 131 Å². The summed E-state index contributed by atoms with van der Waals surface area (Å²) in [6.45, 7) is 14.6. The van der Waals surface area contributed by atoms with Crippen LogP contribution in [0.15, 0.2) is 0 Å². The van der Waals surface area contributed by atoms with E-state index in [1.165, 1.54) is 19.6 Å². The quantitative estimate of drug-likeness (QED) is 0.641. The zero-order valence-electron chi connectivity index (χ0n) is 14.7. The summed E-state index contributed by atoms with van der Waals surface area (Å²) in [6.07, 6.45) is 0.999. The number of hydrogen-bond acceptors (Lipinski definition) is 5. The summed E-state index contributed by atoms with van der Waals surface area (Å²) in [4.78, 5) is 7.33. The van der Waals surface area contributed by atoms with E-state index in [1.54, 1.807) is 0 Å². The van der Waals surface area contributed by atoms with Crippen molar-refractivity contribution in [3.63, 3.8) is 0 Å². The van der Waals surface area contributed by atoms with E-state index in [-0.39, 0.29) is 12.1 Å². The second kappa shape index (κ2) is 9.06. The normalized spacial score (nSPS) is 21.1. The highest BCUT2D eigenvalue weighted by molar-refractivity contribution is 4.86. The summed E-state index contributed by atoms with van der Waals surface area (Å²) >= 11 is 0. The van der Waals surface area contributed by atoms with Gasteiger partial charge in [0.2, 0.25) is 0 Å². The van der Waals surface area contributed by atoms with Crippen LogP contribution in [0, 0.1) is 0 Å². The molecule has 1 aliphatic heterocycles. The van der Waals surface area contributed by atoms with Crippen molar-refractivity contribution in [2.45, 2.75) is 38.8 Å². The molecule has 5 heteroatoms. The molecule has 1 heterocycles. The van der Waals surface area contributed by atoms with Gasteiger partial charge in [-0.3, -0.25) is 4.90 Å². The number of hydrogen-bond donors (Lipinski definition) is 2. The molecule has 0 radical (unpaired) electrons. The molecule has 0 aromatic heterocycles. The molecule has 0 aromatic carbocycles. The zero-order chi connectivity index (χ0) is 15.9. The molecule has 126 valence electrons. The van der Waals surface area contributed by atoms with Gasteiger partial charge in [0.05, 0.1) is 6.61 Å². The molecule has 0 amide bonds. The molecule has 5 nitrogen and oxygen atoms in total. The van der Waals surface area contributed by atoms with Crippen molar-refractivity contribution in [1.82, 2.24) is 20.0 Å². The fraction of sp³-hybridized carbons (Fsp3) is 1.00. The molecule has 1 rings (SSSR count). The van der Waals surface area contributed by atoms with Crippen LogP contribution < -0.4 is 5.32 Å². The number of likely N-dealkylation sites (N-methyl/N-ethyl adjacent to an activating group) is 1. The molecule has 0 aliphatic carbocycles. The first-order chi connectivity index (χ1) is 9.84. The van der Waals surface area contributed by atoms with Gasteiger partial charge in [-0.25, -0.2) is 0 Å². The third-order valence-electron chi connectivity index (χ3n) is 4.29. The number of nitrogens with one attached hydrogen (secondary N) is 1. The lowest BCUT2D eigenvalue weighted by Gasteiger charge is -2.38. The van der Waals surface area contributed by atoms with E-state index in [0.717, 1.165) is 32.6 Å². The van der Waals surface area contributed by atoms with Crippen LogP contribution in [0.2, 0.25) is 0 Å². The lowest BCUT2D eigenvalue weighted by atomic mass is 9.97. The summed E-state index contributed by atoms with van der Waals surface area (Å²) in [6, 6.07) is 0.407. The number of piperazine rings is 1. The highest BCUT2D eigenvalue weighted by Crippen LogP contribution is 2.12. The Bertz CT molecular complexity index is 277. The van der Waals surface area contributed by atoms with Crippen LogP contribution >= 0.6 is 0 Å². The topological polar surface area (TPSA) is 42.0 Å². The first-order valence-electron chi connectivity index (χ1n) is 8.32. The van der Waals surface area contributed by atoms with Gasteiger partial charge >= 0.3 is 0 Å². The zero-order valence-corrected chi connectivity index (χ0v) is 14.7. The lowest BCUT2D eigenvalue weighted by molar-refractivity contribution is 0.0997. The highest BCUT2D eigenvalue weighted by atomic mass is 16.3. The third kappa shape index (κ3) is 7.56. The summed E-state index contributed by atoms with van der Waals surface area (Å²) in [5.74, 6) is 0. The van der Waals surface area contributed by atoms with Gasteiger partial charge in [0, 0.05) is 57.4 Å². The van der Waals surface area contributed by atoms with Crippen LogP contribution in [0.1, 0.15) is 27.2 Å². The maximum atomic E-state index is 9.63. The van der Waals surface area contributed by atoms with Gasteiger partial charge < -0.3 is 20.2 Å². The minimum Gasteiger partial charge on any atom is -0.394 e. The van der Waals surface area contributed by atoms with Crippen LogP contribution in [-0.2, 0) is 0 Å². The Hall–Kier alpha value is -0.200. The molecular weight excluding hydrogens is 264 g/mol. The van der Waals surface area contributed by atoms with E-state index in [0.29, 0.717) is 6.04 Å². The fourth-order valence-electron chi connectivity index (χ4n) is 2.88. The van der Waals surface area contributed by atoms with E-state index < -0.39 is 0 Å². The molecule has 1 saturated heterocycles.